The fraction of sp³-hybridized carbons (Fsp3) is 0.455. The second-order valence-electron chi connectivity index (χ2n) is 7.34. The first-order chi connectivity index (χ1) is 12.1. The quantitative estimate of drug-likeness (QED) is 0.727. The van der Waals surface area contributed by atoms with Crippen molar-refractivity contribution in [1.82, 2.24) is 0 Å². The normalized spacial score (nSPS) is 27.4. The summed E-state index contributed by atoms with van der Waals surface area (Å²) in [4.78, 5) is 0. The maximum atomic E-state index is 5.89. The molecule has 0 saturated carbocycles. The van der Waals surface area contributed by atoms with Crippen LogP contribution >= 0.6 is 0 Å². The highest BCUT2D eigenvalue weighted by Crippen LogP contribution is 2.44. The Hall–Kier alpha value is -1.68. The van der Waals surface area contributed by atoms with E-state index in [0.29, 0.717) is 13.2 Å². The van der Waals surface area contributed by atoms with Gasteiger partial charge in [0.15, 0.2) is 0 Å². The van der Waals surface area contributed by atoms with E-state index in [1.165, 1.54) is 33.4 Å². The molecule has 0 aromatic heterocycles. The van der Waals surface area contributed by atoms with Gasteiger partial charge in [-0.25, -0.2) is 0 Å². The monoisotopic (exact) mass is 338 g/mol. The van der Waals surface area contributed by atoms with Gasteiger partial charge in [0.2, 0.25) is 0 Å². The molecule has 3 heteroatoms. The van der Waals surface area contributed by atoms with E-state index in [4.69, 9.17) is 14.2 Å². The van der Waals surface area contributed by atoms with Gasteiger partial charge in [-0.15, -0.1) is 0 Å². The minimum Gasteiger partial charge on any atom is -0.376 e. The van der Waals surface area contributed by atoms with Crippen LogP contribution in [-0.2, 0) is 14.2 Å². The zero-order chi connectivity index (χ0) is 17.6. The van der Waals surface area contributed by atoms with Crippen LogP contribution in [0.1, 0.15) is 45.6 Å². The number of hydrogen-bond acceptors (Lipinski definition) is 3. The number of aryl methyl sites for hydroxylation is 4. The molecule has 2 aromatic rings. The standard InChI is InChI=1S/C22H26O3/c1-13-7-5-8-14(2)19(13)21-17(24-21)11-23-12-18-22(25-18)20-15(3)9-6-10-16(20)4/h5-10,17-18,21-22H,11-12H2,1-4H3. The fourth-order valence-electron chi connectivity index (χ4n) is 3.90. The largest absolute Gasteiger partial charge is 0.376 e. The summed E-state index contributed by atoms with van der Waals surface area (Å²) in [5.41, 5.74) is 7.85. The SMILES string of the molecule is Cc1cccc(C)c1C1OC1COCC1OC1c1c(C)cccc1C. The maximum absolute atomic E-state index is 5.89. The van der Waals surface area contributed by atoms with Gasteiger partial charge < -0.3 is 14.2 Å². The summed E-state index contributed by atoms with van der Waals surface area (Å²) in [5, 5.41) is 0. The smallest absolute Gasteiger partial charge is 0.112 e. The van der Waals surface area contributed by atoms with Crippen LogP contribution < -0.4 is 0 Å². The van der Waals surface area contributed by atoms with Gasteiger partial charge in [-0.05, 0) is 61.1 Å². The van der Waals surface area contributed by atoms with Crippen molar-refractivity contribution in [2.45, 2.75) is 52.1 Å². The van der Waals surface area contributed by atoms with Gasteiger partial charge in [-0.2, -0.15) is 0 Å². The summed E-state index contributed by atoms with van der Waals surface area (Å²) in [7, 11) is 0. The molecular formula is C22H26O3. The minimum absolute atomic E-state index is 0.178. The van der Waals surface area contributed by atoms with E-state index in [0.717, 1.165) is 0 Å². The van der Waals surface area contributed by atoms with Crippen LogP contribution in [0.5, 0.6) is 0 Å². The van der Waals surface area contributed by atoms with Crippen molar-refractivity contribution >= 4 is 0 Å². The van der Waals surface area contributed by atoms with Gasteiger partial charge in [0.25, 0.3) is 0 Å². The summed E-state index contributed by atoms with van der Waals surface area (Å²) < 4.78 is 17.6. The lowest BCUT2D eigenvalue weighted by Gasteiger charge is -2.07. The molecule has 0 bridgehead atoms. The van der Waals surface area contributed by atoms with Crippen LogP contribution in [0.4, 0.5) is 0 Å². The van der Waals surface area contributed by atoms with E-state index in [-0.39, 0.29) is 24.4 Å². The van der Waals surface area contributed by atoms with Gasteiger partial charge in [-0.3, -0.25) is 0 Å². The number of epoxide rings is 2. The number of hydrogen-bond donors (Lipinski definition) is 0. The van der Waals surface area contributed by atoms with Crippen molar-refractivity contribution in [2.75, 3.05) is 13.2 Å². The summed E-state index contributed by atoms with van der Waals surface area (Å²) >= 11 is 0. The Balaban J connectivity index is 1.27. The van der Waals surface area contributed by atoms with Gasteiger partial charge >= 0.3 is 0 Å². The minimum atomic E-state index is 0.178. The third kappa shape index (κ3) is 3.37. The Morgan fingerprint density at radius 1 is 0.680 bits per heavy atom. The molecule has 4 rings (SSSR count). The van der Waals surface area contributed by atoms with Crippen molar-refractivity contribution in [3.8, 4) is 0 Å². The molecule has 2 aromatic carbocycles. The molecule has 3 nitrogen and oxygen atoms in total. The lowest BCUT2D eigenvalue weighted by atomic mass is 9.98. The molecule has 0 radical (unpaired) electrons. The van der Waals surface area contributed by atoms with Crippen molar-refractivity contribution < 1.29 is 14.2 Å². The van der Waals surface area contributed by atoms with Crippen LogP contribution in [0.25, 0.3) is 0 Å². The molecule has 25 heavy (non-hydrogen) atoms. The number of ether oxygens (including phenoxy) is 3. The van der Waals surface area contributed by atoms with E-state index in [9.17, 15) is 0 Å². The van der Waals surface area contributed by atoms with E-state index >= 15 is 0 Å². The first kappa shape index (κ1) is 16.8. The van der Waals surface area contributed by atoms with Gasteiger partial charge in [0.1, 0.15) is 24.4 Å². The Morgan fingerprint density at radius 3 is 1.40 bits per heavy atom. The van der Waals surface area contributed by atoms with Crippen molar-refractivity contribution in [2.24, 2.45) is 0 Å². The molecule has 2 saturated heterocycles. The molecule has 0 amide bonds. The average Bonchev–Trinajstić information content (AvgIpc) is 3.46. The van der Waals surface area contributed by atoms with Gasteiger partial charge in [-0.1, -0.05) is 36.4 Å². The highest BCUT2D eigenvalue weighted by Gasteiger charge is 2.44. The van der Waals surface area contributed by atoms with Crippen LogP contribution in [0, 0.1) is 27.7 Å². The highest BCUT2D eigenvalue weighted by atomic mass is 16.6. The molecular weight excluding hydrogens is 312 g/mol. The van der Waals surface area contributed by atoms with Crippen molar-refractivity contribution in [3.63, 3.8) is 0 Å². The lowest BCUT2D eigenvalue weighted by Crippen LogP contribution is -2.09. The summed E-state index contributed by atoms with van der Waals surface area (Å²) in [6.45, 7) is 9.86. The summed E-state index contributed by atoms with van der Waals surface area (Å²) in [6, 6.07) is 12.8. The Kier molecular flexibility index (Phi) is 4.40. The Bertz CT molecular complexity index is 677. The van der Waals surface area contributed by atoms with Crippen LogP contribution in [0.3, 0.4) is 0 Å². The molecule has 132 valence electrons. The third-order valence-corrected chi connectivity index (χ3v) is 5.38. The molecule has 4 atom stereocenters. The zero-order valence-corrected chi connectivity index (χ0v) is 15.4. The molecule has 2 fully saturated rings. The lowest BCUT2D eigenvalue weighted by molar-refractivity contribution is 0.102. The second kappa shape index (κ2) is 6.56. The average molecular weight is 338 g/mol. The number of rotatable bonds is 6. The second-order valence-corrected chi connectivity index (χ2v) is 7.34. The summed E-state index contributed by atoms with van der Waals surface area (Å²) in [6.07, 6.45) is 0.737. The van der Waals surface area contributed by atoms with Gasteiger partial charge in [0.05, 0.1) is 13.2 Å². The Labute approximate surface area is 149 Å². The maximum Gasteiger partial charge on any atom is 0.112 e. The van der Waals surface area contributed by atoms with E-state index in [2.05, 4.69) is 64.1 Å². The van der Waals surface area contributed by atoms with E-state index < -0.39 is 0 Å². The van der Waals surface area contributed by atoms with Crippen LogP contribution in [-0.4, -0.2) is 25.4 Å². The molecule has 0 aliphatic carbocycles. The predicted octanol–water partition coefficient (Wildman–Crippen LogP) is 4.52. The Morgan fingerprint density at radius 2 is 1.04 bits per heavy atom. The molecule has 4 unspecified atom stereocenters. The molecule has 0 spiro atoms. The predicted molar refractivity (Wildman–Crippen MR) is 97.9 cm³/mol. The first-order valence-corrected chi connectivity index (χ1v) is 9.07. The third-order valence-electron chi connectivity index (χ3n) is 5.38. The first-order valence-electron chi connectivity index (χ1n) is 9.07. The van der Waals surface area contributed by atoms with Crippen molar-refractivity contribution in [1.29, 1.82) is 0 Å². The number of benzene rings is 2. The fourth-order valence-corrected chi connectivity index (χ4v) is 3.90. The molecule has 2 aliphatic heterocycles. The van der Waals surface area contributed by atoms with Crippen molar-refractivity contribution in [3.05, 3.63) is 69.8 Å². The molecule has 2 aliphatic rings. The highest BCUT2D eigenvalue weighted by molar-refractivity contribution is 5.39. The molecule has 2 heterocycles. The topological polar surface area (TPSA) is 34.3 Å². The zero-order valence-electron chi connectivity index (χ0n) is 15.4. The van der Waals surface area contributed by atoms with E-state index in [1.807, 2.05) is 0 Å². The molecule has 0 N–H and O–H groups in total. The van der Waals surface area contributed by atoms with Gasteiger partial charge in [0, 0.05) is 0 Å². The summed E-state index contributed by atoms with van der Waals surface area (Å²) in [5.74, 6) is 0. The van der Waals surface area contributed by atoms with Crippen LogP contribution in [0.15, 0.2) is 36.4 Å². The van der Waals surface area contributed by atoms with Crippen LogP contribution in [0.2, 0.25) is 0 Å². The van der Waals surface area contributed by atoms with E-state index in [1.54, 1.807) is 0 Å².